The molecule has 1 aliphatic carbocycles. The van der Waals surface area contributed by atoms with Gasteiger partial charge in [-0.15, -0.1) is 0 Å². The largest absolute Gasteiger partial charge is 0.471 e. The minimum atomic E-state index is -4.30. The van der Waals surface area contributed by atoms with Gasteiger partial charge in [0.05, 0.1) is 27.2 Å². The molecule has 1 aliphatic rings. The maximum atomic E-state index is 13.1. The van der Waals surface area contributed by atoms with E-state index >= 15 is 0 Å². The van der Waals surface area contributed by atoms with E-state index in [0.717, 1.165) is 0 Å². The predicted molar refractivity (Wildman–Crippen MR) is 142 cm³/mol. The lowest BCUT2D eigenvalue weighted by Crippen LogP contribution is -2.40. The number of alkyl halides is 5. The van der Waals surface area contributed by atoms with E-state index in [4.69, 9.17) is 27.9 Å². The van der Waals surface area contributed by atoms with Crippen LogP contribution in [0.2, 0.25) is 10.0 Å². The standard InChI is InChI=1S/C25H25Cl2F5N6O3/c1-11(39)33-9-12-2-7-16(26)20(19(12)27)36-24-35-17-8-15(23(37-21(17)38-24)41-10-18(28)29)22(40)34-14-5-3-13(4-6-14)25(30,31)32/h2,7-8,13-14,18H,3-6,9-10H2,1H3,(H,33,39)(H,34,40)(H2,35,36,37,38). The van der Waals surface area contributed by atoms with Crippen LogP contribution in [0.25, 0.3) is 11.2 Å². The molecule has 2 aromatic heterocycles. The SMILES string of the molecule is CC(=O)NCc1ccc(Cl)c(Nc2nc3nc(OCC(F)F)c(C(=O)NC4CCC(C(F)(F)F)CC4)cc3[nH]2)c1Cl. The van der Waals surface area contributed by atoms with Crippen LogP contribution < -0.4 is 20.7 Å². The number of carbonyl (C=O) groups is 2. The van der Waals surface area contributed by atoms with Crippen molar-refractivity contribution in [2.75, 3.05) is 11.9 Å². The van der Waals surface area contributed by atoms with E-state index < -0.39 is 43.0 Å². The van der Waals surface area contributed by atoms with Crippen LogP contribution in [0.4, 0.5) is 33.6 Å². The van der Waals surface area contributed by atoms with E-state index in [0.29, 0.717) is 5.56 Å². The Bertz CT molecular complexity index is 1430. The number of hydrogen-bond acceptors (Lipinski definition) is 6. The van der Waals surface area contributed by atoms with Crippen molar-refractivity contribution in [2.45, 2.75) is 57.8 Å². The van der Waals surface area contributed by atoms with Gasteiger partial charge in [0.25, 0.3) is 12.3 Å². The molecule has 1 aromatic carbocycles. The molecule has 16 heteroatoms. The first-order valence-corrected chi connectivity index (χ1v) is 13.2. The highest BCUT2D eigenvalue weighted by Crippen LogP contribution is 2.38. The number of fused-ring (bicyclic) bond motifs is 1. The zero-order valence-electron chi connectivity index (χ0n) is 21.5. The number of pyridine rings is 1. The van der Waals surface area contributed by atoms with Crippen LogP contribution in [0.1, 0.15) is 48.5 Å². The number of anilines is 2. The third-order valence-corrected chi connectivity index (χ3v) is 7.24. The first-order chi connectivity index (χ1) is 19.3. The molecule has 4 rings (SSSR count). The van der Waals surface area contributed by atoms with Crippen LogP contribution in [0.3, 0.4) is 0 Å². The monoisotopic (exact) mass is 622 g/mol. The molecular weight excluding hydrogens is 598 g/mol. The lowest BCUT2D eigenvalue weighted by atomic mass is 9.85. The highest BCUT2D eigenvalue weighted by molar-refractivity contribution is 6.39. The Balaban J connectivity index is 1.58. The average Bonchev–Trinajstić information content (AvgIpc) is 3.29. The summed E-state index contributed by atoms with van der Waals surface area (Å²) in [6.07, 6.45) is -7.20. The fourth-order valence-electron chi connectivity index (χ4n) is 4.41. The highest BCUT2D eigenvalue weighted by atomic mass is 35.5. The fourth-order valence-corrected chi connectivity index (χ4v) is 4.94. The van der Waals surface area contributed by atoms with Crippen molar-refractivity contribution in [1.82, 2.24) is 25.6 Å². The van der Waals surface area contributed by atoms with E-state index in [2.05, 4.69) is 30.9 Å². The summed E-state index contributed by atoms with van der Waals surface area (Å²) in [6, 6.07) is 3.97. The van der Waals surface area contributed by atoms with Crippen molar-refractivity contribution in [3.8, 4) is 5.88 Å². The summed E-state index contributed by atoms with van der Waals surface area (Å²) in [4.78, 5) is 35.6. The molecule has 2 heterocycles. The molecule has 4 N–H and O–H groups in total. The smallest absolute Gasteiger partial charge is 0.391 e. The lowest BCUT2D eigenvalue weighted by molar-refractivity contribution is -0.182. The maximum Gasteiger partial charge on any atom is 0.391 e. The van der Waals surface area contributed by atoms with E-state index in [1.807, 2.05) is 0 Å². The number of nitrogens with zero attached hydrogens (tertiary/aromatic N) is 2. The van der Waals surface area contributed by atoms with Crippen LogP contribution in [-0.2, 0) is 11.3 Å². The van der Waals surface area contributed by atoms with E-state index in [1.54, 1.807) is 12.1 Å². The summed E-state index contributed by atoms with van der Waals surface area (Å²) in [7, 11) is 0. The first-order valence-electron chi connectivity index (χ1n) is 12.5. The van der Waals surface area contributed by atoms with E-state index in [1.165, 1.54) is 13.0 Å². The van der Waals surface area contributed by atoms with Crippen LogP contribution in [0, 0.1) is 5.92 Å². The second-order valence-electron chi connectivity index (χ2n) is 9.49. The Kier molecular flexibility index (Phi) is 9.42. The quantitative estimate of drug-likeness (QED) is 0.213. The van der Waals surface area contributed by atoms with Gasteiger partial charge in [0.1, 0.15) is 5.56 Å². The first kappa shape index (κ1) is 30.6. The van der Waals surface area contributed by atoms with Crippen molar-refractivity contribution >= 4 is 57.8 Å². The van der Waals surface area contributed by atoms with E-state index in [-0.39, 0.29) is 76.5 Å². The molecule has 41 heavy (non-hydrogen) atoms. The summed E-state index contributed by atoms with van der Waals surface area (Å²) in [6.45, 7) is 0.455. The summed E-state index contributed by atoms with van der Waals surface area (Å²) in [5, 5.41) is 8.66. The third-order valence-electron chi connectivity index (χ3n) is 6.50. The molecule has 0 atom stereocenters. The summed E-state index contributed by atoms with van der Waals surface area (Å²) >= 11 is 12.8. The number of H-pyrrole nitrogens is 1. The third kappa shape index (κ3) is 7.67. The molecule has 222 valence electrons. The predicted octanol–water partition coefficient (Wildman–Crippen LogP) is 6.14. The number of hydrogen-bond donors (Lipinski definition) is 4. The number of benzene rings is 1. The molecule has 3 aromatic rings. The minimum Gasteiger partial charge on any atom is -0.471 e. The maximum absolute atomic E-state index is 13.1. The van der Waals surface area contributed by atoms with Gasteiger partial charge in [-0.05, 0) is 43.4 Å². The number of rotatable bonds is 9. The van der Waals surface area contributed by atoms with Gasteiger partial charge >= 0.3 is 6.18 Å². The molecule has 0 aliphatic heterocycles. The molecule has 0 spiro atoms. The van der Waals surface area contributed by atoms with Gasteiger partial charge in [0.2, 0.25) is 17.7 Å². The summed E-state index contributed by atoms with van der Waals surface area (Å²) in [5.74, 6) is -2.74. The molecular formula is C25H25Cl2F5N6O3. The van der Waals surface area contributed by atoms with Crippen molar-refractivity contribution < 1.29 is 36.3 Å². The molecule has 9 nitrogen and oxygen atoms in total. The van der Waals surface area contributed by atoms with Gasteiger partial charge in [-0.2, -0.15) is 23.1 Å². The van der Waals surface area contributed by atoms with Gasteiger partial charge in [0.15, 0.2) is 12.3 Å². The zero-order valence-corrected chi connectivity index (χ0v) is 23.0. The van der Waals surface area contributed by atoms with Crippen LogP contribution in [-0.4, -0.2) is 52.0 Å². The lowest BCUT2D eigenvalue weighted by Gasteiger charge is -2.30. The molecule has 2 amide bonds. The van der Waals surface area contributed by atoms with Gasteiger partial charge in [-0.1, -0.05) is 29.3 Å². The molecule has 0 bridgehead atoms. The molecule has 0 saturated heterocycles. The van der Waals surface area contributed by atoms with Crippen molar-refractivity contribution in [1.29, 1.82) is 0 Å². The van der Waals surface area contributed by atoms with Gasteiger partial charge in [0, 0.05) is 19.5 Å². The van der Waals surface area contributed by atoms with Gasteiger partial charge < -0.3 is 25.7 Å². The molecule has 1 fully saturated rings. The topological polar surface area (TPSA) is 121 Å². The minimum absolute atomic E-state index is 0.0145. The molecule has 0 radical (unpaired) electrons. The second kappa shape index (κ2) is 12.6. The number of imidazole rings is 1. The van der Waals surface area contributed by atoms with Crippen LogP contribution in [0.5, 0.6) is 5.88 Å². The fraction of sp³-hybridized carbons (Fsp3) is 0.440. The van der Waals surface area contributed by atoms with Crippen LogP contribution in [0.15, 0.2) is 18.2 Å². The Hall–Kier alpha value is -3.39. The Morgan fingerprint density at radius 2 is 1.85 bits per heavy atom. The number of aromatic amines is 1. The average molecular weight is 623 g/mol. The molecule has 1 saturated carbocycles. The Morgan fingerprint density at radius 1 is 1.15 bits per heavy atom. The number of halogens is 7. The number of nitrogens with one attached hydrogen (secondary N) is 4. The Morgan fingerprint density at radius 3 is 2.49 bits per heavy atom. The zero-order chi connectivity index (χ0) is 29.9. The van der Waals surface area contributed by atoms with Crippen molar-refractivity contribution in [3.05, 3.63) is 39.4 Å². The van der Waals surface area contributed by atoms with Gasteiger partial charge in [-0.25, -0.2) is 8.78 Å². The van der Waals surface area contributed by atoms with Crippen molar-refractivity contribution in [2.24, 2.45) is 5.92 Å². The number of ether oxygens (including phenoxy) is 1. The number of aromatic nitrogens is 3. The molecule has 0 unspecified atom stereocenters. The van der Waals surface area contributed by atoms with Gasteiger partial charge in [-0.3, -0.25) is 9.59 Å². The number of carbonyl (C=O) groups excluding carboxylic acids is 2. The van der Waals surface area contributed by atoms with Crippen molar-refractivity contribution in [3.63, 3.8) is 0 Å². The second-order valence-corrected chi connectivity index (χ2v) is 10.3. The van der Waals surface area contributed by atoms with Crippen LogP contribution >= 0.6 is 23.2 Å². The summed E-state index contributed by atoms with van der Waals surface area (Å²) in [5.41, 5.74) is 0.871. The van der Waals surface area contributed by atoms with E-state index in [9.17, 15) is 31.5 Å². The Labute approximate surface area is 240 Å². The number of amides is 2. The summed E-state index contributed by atoms with van der Waals surface area (Å²) < 4.78 is 69.9. The normalized spacial score (nSPS) is 17.5. The highest BCUT2D eigenvalue weighted by Gasteiger charge is 2.41.